The van der Waals surface area contributed by atoms with Crippen LogP contribution in [0, 0.1) is 0 Å². The first-order valence-corrected chi connectivity index (χ1v) is 7.51. The fraction of sp³-hybridized carbons (Fsp3) is 0.111. The van der Waals surface area contributed by atoms with Crippen LogP contribution in [0.1, 0.15) is 15.9 Å². The molecule has 0 radical (unpaired) electrons. The molecular weight excluding hydrogens is 306 g/mol. The molecule has 3 rings (SSSR count). The molecule has 0 saturated heterocycles. The number of hydrogen-bond donors (Lipinski definition) is 3. The van der Waals surface area contributed by atoms with Gasteiger partial charge in [-0.15, -0.1) is 0 Å². The van der Waals surface area contributed by atoms with E-state index in [2.05, 4.69) is 15.8 Å². The van der Waals surface area contributed by atoms with Crippen molar-refractivity contribution in [1.29, 1.82) is 0 Å². The van der Waals surface area contributed by atoms with Crippen LogP contribution < -0.4 is 10.9 Å². The maximum atomic E-state index is 12.1. The summed E-state index contributed by atoms with van der Waals surface area (Å²) >= 11 is 0. The van der Waals surface area contributed by atoms with Crippen LogP contribution in [-0.4, -0.2) is 23.4 Å². The van der Waals surface area contributed by atoms with Gasteiger partial charge in [-0.25, -0.2) is 0 Å². The number of carbonyl (C=O) groups is 2. The number of amides is 2. The second kappa shape index (κ2) is 7.43. The molecule has 0 fully saturated rings. The van der Waals surface area contributed by atoms with Crippen molar-refractivity contribution in [1.82, 2.24) is 15.8 Å². The van der Waals surface area contributed by atoms with E-state index < -0.39 is 5.91 Å². The Morgan fingerprint density at radius 2 is 1.71 bits per heavy atom. The third-order valence-electron chi connectivity index (χ3n) is 3.49. The standard InChI is InChI=1S/C18H17N3O3/c22-17(12-24-11-13-6-2-1-3-7-13)20-21-18(23)15-10-19-16-9-5-4-8-14(15)16/h1-10,19H,11-12H2,(H,20,22)(H,21,23). The van der Waals surface area contributed by atoms with Gasteiger partial charge in [-0.1, -0.05) is 48.5 Å². The Labute approximate surface area is 138 Å². The quantitative estimate of drug-likeness (QED) is 0.629. The van der Waals surface area contributed by atoms with Gasteiger partial charge in [0, 0.05) is 17.1 Å². The van der Waals surface area contributed by atoms with E-state index in [-0.39, 0.29) is 12.5 Å². The summed E-state index contributed by atoms with van der Waals surface area (Å²) in [6, 6.07) is 17.0. The van der Waals surface area contributed by atoms with Crippen LogP contribution in [0.25, 0.3) is 10.9 Å². The van der Waals surface area contributed by atoms with Gasteiger partial charge in [-0.05, 0) is 11.6 Å². The number of hydrogen-bond acceptors (Lipinski definition) is 3. The van der Waals surface area contributed by atoms with E-state index >= 15 is 0 Å². The number of benzene rings is 2. The zero-order valence-corrected chi connectivity index (χ0v) is 12.9. The van der Waals surface area contributed by atoms with Gasteiger partial charge in [0.25, 0.3) is 11.8 Å². The van der Waals surface area contributed by atoms with Crippen LogP contribution >= 0.6 is 0 Å². The third kappa shape index (κ3) is 3.80. The van der Waals surface area contributed by atoms with Gasteiger partial charge in [-0.3, -0.25) is 20.4 Å². The second-order valence-electron chi connectivity index (χ2n) is 5.23. The summed E-state index contributed by atoms with van der Waals surface area (Å²) in [4.78, 5) is 26.9. The van der Waals surface area contributed by atoms with E-state index in [1.807, 2.05) is 54.6 Å². The molecule has 122 valence electrons. The molecule has 0 spiro atoms. The summed E-state index contributed by atoms with van der Waals surface area (Å²) in [7, 11) is 0. The summed E-state index contributed by atoms with van der Waals surface area (Å²) in [5.74, 6) is -0.803. The first-order valence-electron chi connectivity index (χ1n) is 7.51. The van der Waals surface area contributed by atoms with Crippen molar-refractivity contribution in [2.24, 2.45) is 0 Å². The third-order valence-corrected chi connectivity index (χ3v) is 3.49. The summed E-state index contributed by atoms with van der Waals surface area (Å²) in [6.07, 6.45) is 1.61. The minimum Gasteiger partial charge on any atom is -0.367 e. The van der Waals surface area contributed by atoms with Gasteiger partial charge in [0.05, 0.1) is 12.2 Å². The maximum absolute atomic E-state index is 12.1. The van der Waals surface area contributed by atoms with Crippen LogP contribution in [0.5, 0.6) is 0 Å². The number of hydrazine groups is 1. The molecule has 0 aliphatic carbocycles. The van der Waals surface area contributed by atoms with Crippen molar-refractivity contribution in [3.05, 3.63) is 71.9 Å². The van der Waals surface area contributed by atoms with Crippen molar-refractivity contribution >= 4 is 22.7 Å². The topological polar surface area (TPSA) is 83.2 Å². The number of H-pyrrole nitrogens is 1. The van der Waals surface area contributed by atoms with Crippen LogP contribution in [0.15, 0.2) is 60.8 Å². The summed E-state index contributed by atoms with van der Waals surface area (Å²) < 4.78 is 5.31. The van der Waals surface area contributed by atoms with Gasteiger partial charge in [0.2, 0.25) is 0 Å². The fourth-order valence-corrected chi connectivity index (χ4v) is 2.33. The zero-order chi connectivity index (χ0) is 16.8. The number of aromatic amines is 1. The van der Waals surface area contributed by atoms with Crippen LogP contribution in [-0.2, 0) is 16.1 Å². The monoisotopic (exact) mass is 323 g/mol. The van der Waals surface area contributed by atoms with Crippen molar-refractivity contribution < 1.29 is 14.3 Å². The lowest BCUT2D eigenvalue weighted by Gasteiger charge is -2.07. The number of para-hydroxylation sites is 1. The Balaban J connectivity index is 1.46. The molecule has 3 aromatic rings. The normalized spacial score (nSPS) is 10.5. The average Bonchev–Trinajstić information content (AvgIpc) is 3.05. The van der Waals surface area contributed by atoms with E-state index in [1.165, 1.54) is 0 Å². The number of ether oxygens (including phenoxy) is 1. The van der Waals surface area contributed by atoms with E-state index in [0.29, 0.717) is 12.2 Å². The van der Waals surface area contributed by atoms with Gasteiger partial charge < -0.3 is 9.72 Å². The molecule has 6 nitrogen and oxygen atoms in total. The summed E-state index contributed by atoms with van der Waals surface area (Å²) in [5, 5.41) is 0.796. The van der Waals surface area contributed by atoms with Crippen molar-refractivity contribution in [2.45, 2.75) is 6.61 Å². The lowest BCUT2D eigenvalue weighted by Crippen LogP contribution is -2.43. The highest BCUT2D eigenvalue weighted by molar-refractivity contribution is 6.07. The molecule has 2 amide bonds. The molecule has 24 heavy (non-hydrogen) atoms. The Morgan fingerprint density at radius 1 is 0.958 bits per heavy atom. The Bertz CT molecular complexity index is 843. The summed E-state index contributed by atoms with van der Waals surface area (Å²) in [6.45, 7) is 0.202. The van der Waals surface area contributed by atoms with E-state index in [4.69, 9.17) is 4.74 Å². The minimum atomic E-state index is -0.417. The number of nitrogens with one attached hydrogen (secondary N) is 3. The van der Waals surface area contributed by atoms with Crippen molar-refractivity contribution in [2.75, 3.05) is 6.61 Å². The van der Waals surface area contributed by atoms with Gasteiger partial charge in [0.15, 0.2) is 0 Å². The van der Waals surface area contributed by atoms with Gasteiger partial charge in [-0.2, -0.15) is 0 Å². The lowest BCUT2D eigenvalue weighted by atomic mass is 10.2. The highest BCUT2D eigenvalue weighted by Crippen LogP contribution is 2.17. The number of aromatic nitrogens is 1. The SMILES string of the molecule is O=C(COCc1ccccc1)NNC(=O)c1c[nH]c2ccccc12. The zero-order valence-electron chi connectivity index (χ0n) is 12.9. The molecule has 0 unspecified atom stereocenters. The first-order chi connectivity index (χ1) is 11.7. The van der Waals surface area contributed by atoms with Crippen molar-refractivity contribution in [3.8, 4) is 0 Å². The van der Waals surface area contributed by atoms with Gasteiger partial charge >= 0.3 is 0 Å². The molecular formula is C18H17N3O3. The number of rotatable bonds is 5. The highest BCUT2D eigenvalue weighted by atomic mass is 16.5. The maximum Gasteiger partial charge on any atom is 0.271 e. The molecule has 0 aliphatic rings. The molecule has 2 aromatic carbocycles. The molecule has 1 aromatic heterocycles. The van der Waals surface area contributed by atoms with Crippen LogP contribution in [0.2, 0.25) is 0 Å². The largest absolute Gasteiger partial charge is 0.367 e. The van der Waals surface area contributed by atoms with E-state index in [9.17, 15) is 9.59 Å². The smallest absolute Gasteiger partial charge is 0.271 e. The highest BCUT2D eigenvalue weighted by Gasteiger charge is 2.12. The average molecular weight is 323 g/mol. The fourth-order valence-electron chi connectivity index (χ4n) is 2.33. The molecule has 0 saturated carbocycles. The molecule has 0 aliphatic heterocycles. The Kier molecular flexibility index (Phi) is 4.88. The summed E-state index contributed by atoms with van der Waals surface area (Å²) in [5.41, 5.74) is 7.04. The predicted octanol–water partition coefficient (Wildman–Crippen LogP) is 2.15. The molecule has 3 N–H and O–H groups in total. The lowest BCUT2D eigenvalue weighted by molar-refractivity contribution is -0.126. The van der Waals surface area contributed by atoms with E-state index in [0.717, 1.165) is 16.5 Å². The molecule has 6 heteroatoms. The predicted molar refractivity (Wildman–Crippen MR) is 90.0 cm³/mol. The molecule has 0 bridgehead atoms. The van der Waals surface area contributed by atoms with Gasteiger partial charge in [0.1, 0.15) is 6.61 Å². The number of fused-ring (bicyclic) bond motifs is 1. The minimum absolute atomic E-state index is 0.136. The van der Waals surface area contributed by atoms with E-state index in [1.54, 1.807) is 6.20 Å². The van der Waals surface area contributed by atoms with Crippen molar-refractivity contribution in [3.63, 3.8) is 0 Å². The molecule has 0 atom stereocenters. The van der Waals surface area contributed by atoms with Crippen LogP contribution in [0.4, 0.5) is 0 Å². The first kappa shape index (κ1) is 15.8. The molecule has 1 heterocycles. The second-order valence-corrected chi connectivity index (χ2v) is 5.23. The van der Waals surface area contributed by atoms with Crippen LogP contribution in [0.3, 0.4) is 0 Å². The number of carbonyl (C=O) groups excluding carboxylic acids is 2. The Hall–Kier alpha value is -3.12. The Morgan fingerprint density at radius 3 is 2.54 bits per heavy atom.